The van der Waals surface area contributed by atoms with Crippen molar-refractivity contribution in [1.82, 2.24) is 0 Å². The van der Waals surface area contributed by atoms with Crippen molar-refractivity contribution in [3.05, 3.63) is 85.1 Å². The monoisotopic (exact) mass is 835 g/mol. The molecule has 3 N–H and O–H groups in total. The SMILES string of the molecule is CC/C=C\C/C=C\C/C=C\C/C=C\CCCCCCC(=O)OC[C@H](COP(=O)(O)OC[C@@H](O)CO)OC(=O)CCCC1OC1C/C=C\C/C=C\C/C=C\CCCCC. The van der Waals surface area contributed by atoms with Crippen molar-refractivity contribution in [3.63, 3.8) is 0 Å². The van der Waals surface area contributed by atoms with Gasteiger partial charge < -0.3 is 29.3 Å². The van der Waals surface area contributed by atoms with Crippen LogP contribution in [0.3, 0.4) is 0 Å². The molecular weight excluding hydrogens is 759 g/mol. The Morgan fingerprint density at radius 1 is 0.638 bits per heavy atom. The van der Waals surface area contributed by atoms with Crippen LogP contribution in [-0.4, -0.2) is 77.9 Å². The van der Waals surface area contributed by atoms with Gasteiger partial charge in [-0.1, -0.05) is 125 Å². The molecule has 12 heteroatoms. The average molecular weight is 835 g/mol. The van der Waals surface area contributed by atoms with Crippen LogP contribution in [0.15, 0.2) is 85.1 Å². The number of aliphatic hydroxyl groups is 2. The Morgan fingerprint density at radius 2 is 1.17 bits per heavy atom. The molecule has 5 atom stereocenters. The highest BCUT2D eigenvalue weighted by atomic mass is 31.2. The number of allylic oxidation sites excluding steroid dienone is 13. The third kappa shape index (κ3) is 34.0. The normalized spacial score (nSPS) is 18.2. The molecule has 1 saturated heterocycles. The van der Waals surface area contributed by atoms with Crippen LogP contribution in [0.1, 0.15) is 142 Å². The molecule has 1 fully saturated rings. The zero-order chi connectivity index (χ0) is 42.4. The molecule has 0 bridgehead atoms. The zero-order valence-electron chi connectivity index (χ0n) is 35.4. The van der Waals surface area contributed by atoms with Gasteiger partial charge in [-0.2, -0.15) is 0 Å². The Balaban J connectivity index is 2.34. The molecule has 0 saturated carbocycles. The van der Waals surface area contributed by atoms with Gasteiger partial charge in [-0.25, -0.2) is 4.57 Å². The van der Waals surface area contributed by atoms with E-state index in [9.17, 15) is 24.2 Å². The highest BCUT2D eigenvalue weighted by molar-refractivity contribution is 7.47. The van der Waals surface area contributed by atoms with E-state index in [2.05, 4.69) is 103 Å². The van der Waals surface area contributed by atoms with Crippen molar-refractivity contribution in [2.75, 3.05) is 26.4 Å². The van der Waals surface area contributed by atoms with E-state index < -0.39 is 51.8 Å². The lowest BCUT2D eigenvalue weighted by Crippen LogP contribution is -2.30. The molecule has 3 unspecified atom stereocenters. The molecule has 0 aromatic heterocycles. The first-order valence-corrected chi connectivity index (χ1v) is 23.2. The van der Waals surface area contributed by atoms with E-state index in [1.807, 2.05) is 0 Å². The smallest absolute Gasteiger partial charge is 0.462 e. The summed E-state index contributed by atoms with van der Waals surface area (Å²) in [5.74, 6) is -1.04. The van der Waals surface area contributed by atoms with E-state index in [0.29, 0.717) is 19.3 Å². The highest BCUT2D eigenvalue weighted by Crippen LogP contribution is 2.43. The summed E-state index contributed by atoms with van der Waals surface area (Å²) in [6, 6.07) is 0. The fraction of sp³-hybridized carbons (Fsp3) is 0.652. The number of hydrogen-bond donors (Lipinski definition) is 3. The number of carbonyl (C=O) groups excluding carboxylic acids is 2. The van der Waals surface area contributed by atoms with Gasteiger partial charge >= 0.3 is 19.8 Å². The summed E-state index contributed by atoms with van der Waals surface area (Å²) >= 11 is 0. The van der Waals surface area contributed by atoms with Crippen LogP contribution >= 0.6 is 7.82 Å². The van der Waals surface area contributed by atoms with Crippen molar-refractivity contribution in [2.45, 2.75) is 167 Å². The Hall–Kier alpha value is -2.89. The molecule has 0 aromatic rings. The lowest BCUT2D eigenvalue weighted by atomic mass is 10.1. The summed E-state index contributed by atoms with van der Waals surface area (Å²) in [5, 5.41) is 18.4. The summed E-state index contributed by atoms with van der Waals surface area (Å²) in [4.78, 5) is 35.1. The maximum Gasteiger partial charge on any atom is 0.472 e. The Morgan fingerprint density at radius 3 is 1.78 bits per heavy atom. The van der Waals surface area contributed by atoms with Crippen LogP contribution in [-0.2, 0) is 37.4 Å². The molecule has 330 valence electrons. The topological polar surface area (TPSA) is 161 Å². The minimum absolute atomic E-state index is 0.0809. The van der Waals surface area contributed by atoms with Crippen LogP contribution in [0.4, 0.5) is 0 Å². The van der Waals surface area contributed by atoms with Gasteiger partial charge in [-0.05, 0) is 89.9 Å². The van der Waals surface area contributed by atoms with Crippen molar-refractivity contribution in [3.8, 4) is 0 Å². The Labute approximate surface area is 349 Å². The van der Waals surface area contributed by atoms with Gasteiger partial charge in [0.1, 0.15) is 12.7 Å². The van der Waals surface area contributed by atoms with Crippen molar-refractivity contribution >= 4 is 19.8 Å². The van der Waals surface area contributed by atoms with E-state index in [0.717, 1.165) is 77.0 Å². The Kier molecular flexibility index (Phi) is 34.0. The van der Waals surface area contributed by atoms with E-state index >= 15 is 0 Å². The van der Waals surface area contributed by atoms with Gasteiger partial charge in [-0.3, -0.25) is 18.6 Å². The third-order valence-electron chi connectivity index (χ3n) is 8.96. The number of phosphoric acid groups is 1. The molecular formula is C46H75O11P. The average Bonchev–Trinajstić information content (AvgIpc) is 3.97. The van der Waals surface area contributed by atoms with Gasteiger partial charge in [0.25, 0.3) is 0 Å². The largest absolute Gasteiger partial charge is 0.472 e. The number of epoxide rings is 1. The molecule has 0 spiro atoms. The molecule has 1 aliphatic rings. The number of esters is 2. The van der Waals surface area contributed by atoms with Crippen molar-refractivity contribution in [2.24, 2.45) is 0 Å². The van der Waals surface area contributed by atoms with Crippen LogP contribution in [0.25, 0.3) is 0 Å². The van der Waals surface area contributed by atoms with Gasteiger partial charge in [0, 0.05) is 12.8 Å². The summed E-state index contributed by atoms with van der Waals surface area (Å²) in [6.45, 7) is 2.10. The first kappa shape index (κ1) is 53.1. The zero-order valence-corrected chi connectivity index (χ0v) is 36.3. The van der Waals surface area contributed by atoms with Gasteiger partial charge in [0.05, 0.1) is 32.0 Å². The fourth-order valence-electron chi connectivity index (χ4n) is 5.54. The van der Waals surface area contributed by atoms with Crippen LogP contribution < -0.4 is 0 Å². The predicted molar refractivity (Wildman–Crippen MR) is 232 cm³/mol. The molecule has 11 nitrogen and oxygen atoms in total. The summed E-state index contributed by atoms with van der Waals surface area (Å²) in [5.41, 5.74) is 0. The highest BCUT2D eigenvalue weighted by Gasteiger charge is 2.37. The molecule has 0 aliphatic carbocycles. The summed E-state index contributed by atoms with van der Waals surface area (Å²) in [6.07, 6.45) is 45.6. The third-order valence-corrected chi connectivity index (χ3v) is 9.91. The van der Waals surface area contributed by atoms with E-state index in [-0.39, 0.29) is 31.7 Å². The first-order valence-electron chi connectivity index (χ1n) is 21.7. The van der Waals surface area contributed by atoms with Crippen molar-refractivity contribution < 1.29 is 52.5 Å². The minimum Gasteiger partial charge on any atom is -0.462 e. The summed E-state index contributed by atoms with van der Waals surface area (Å²) < 4.78 is 38.5. The number of unbranched alkanes of at least 4 members (excludes halogenated alkanes) is 7. The molecule has 1 rings (SSSR count). The predicted octanol–water partition coefficient (Wildman–Crippen LogP) is 10.4. The van der Waals surface area contributed by atoms with Crippen LogP contribution in [0.5, 0.6) is 0 Å². The van der Waals surface area contributed by atoms with Crippen molar-refractivity contribution in [1.29, 1.82) is 0 Å². The fourth-order valence-corrected chi connectivity index (χ4v) is 6.33. The first-order chi connectivity index (χ1) is 28.2. The maximum absolute atomic E-state index is 12.7. The van der Waals surface area contributed by atoms with Gasteiger partial charge in [0.2, 0.25) is 0 Å². The van der Waals surface area contributed by atoms with Crippen LogP contribution in [0.2, 0.25) is 0 Å². The van der Waals surface area contributed by atoms with E-state index in [1.54, 1.807) is 0 Å². The second kappa shape index (κ2) is 37.1. The standard InChI is InChI=1S/C46H75O11P/c1-3-5-7-9-11-13-15-17-18-19-20-21-23-25-27-29-31-35-45(49)53-39-42(40-55-58(51,52)54-38-41(48)37-47)56-46(50)36-32-34-44-43(57-44)33-30-28-26-24-22-16-14-12-10-8-6-4-2/h5,7,11-14,17-18,20-22,24,28,30,41-44,47-48H,3-4,6,8-10,15-16,19,23,25-27,29,31-40H2,1-2H3,(H,51,52)/b7-5-,13-11-,14-12-,18-17-,21-20-,24-22-,30-28-/t41-,42+,43?,44?/m0/s1. The number of rotatable bonds is 38. The lowest BCUT2D eigenvalue weighted by molar-refractivity contribution is -0.161. The van der Waals surface area contributed by atoms with E-state index in [1.165, 1.54) is 19.3 Å². The quantitative estimate of drug-likeness (QED) is 0.0178. The molecule has 1 aliphatic heterocycles. The minimum atomic E-state index is -4.65. The van der Waals surface area contributed by atoms with Crippen LogP contribution in [0, 0.1) is 0 Å². The number of ether oxygens (including phenoxy) is 3. The second-order valence-corrected chi connectivity index (χ2v) is 15.8. The number of carbonyl (C=O) groups is 2. The summed E-state index contributed by atoms with van der Waals surface area (Å²) in [7, 11) is -4.65. The maximum atomic E-state index is 12.7. The molecule has 1 heterocycles. The molecule has 0 amide bonds. The molecule has 0 radical (unpaired) electrons. The van der Waals surface area contributed by atoms with E-state index in [4.69, 9.17) is 23.8 Å². The number of phosphoric ester groups is 1. The Bertz CT molecular complexity index is 1300. The van der Waals surface area contributed by atoms with Gasteiger partial charge in [0.15, 0.2) is 6.10 Å². The lowest BCUT2D eigenvalue weighted by Gasteiger charge is -2.20. The molecule has 58 heavy (non-hydrogen) atoms. The second-order valence-electron chi connectivity index (χ2n) is 14.4. The number of hydrogen-bond acceptors (Lipinski definition) is 10. The number of aliphatic hydroxyl groups excluding tert-OH is 2. The van der Waals surface area contributed by atoms with Gasteiger partial charge in [-0.15, -0.1) is 0 Å². The molecule has 0 aromatic carbocycles.